The summed E-state index contributed by atoms with van der Waals surface area (Å²) in [6, 6.07) is 0.383. The SMILES string of the molecule is CC(C)n1ncnc1CNC1(C)CCCCC1. The summed E-state index contributed by atoms with van der Waals surface area (Å²) < 4.78 is 2.00. The largest absolute Gasteiger partial charge is 0.305 e. The van der Waals surface area contributed by atoms with Crippen LogP contribution in [0.25, 0.3) is 0 Å². The second-order valence-electron chi connectivity index (χ2n) is 5.69. The van der Waals surface area contributed by atoms with Crippen LogP contribution < -0.4 is 5.32 Å². The Labute approximate surface area is 104 Å². The molecule has 0 unspecified atom stereocenters. The van der Waals surface area contributed by atoms with Gasteiger partial charge in [0.2, 0.25) is 0 Å². The Kier molecular flexibility index (Phi) is 3.82. The molecule has 1 saturated carbocycles. The van der Waals surface area contributed by atoms with Crippen LogP contribution in [0.15, 0.2) is 6.33 Å². The Morgan fingerprint density at radius 1 is 1.35 bits per heavy atom. The first kappa shape index (κ1) is 12.6. The average molecular weight is 236 g/mol. The molecule has 1 fully saturated rings. The second-order valence-corrected chi connectivity index (χ2v) is 5.69. The van der Waals surface area contributed by atoms with Gasteiger partial charge in [0.25, 0.3) is 0 Å². The van der Waals surface area contributed by atoms with Crippen molar-refractivity contribution in [2.75, 3.05) is 0 Å². The van der Waals surface area contributed by atoms with E-state index >= 15 is 0 Å². The van der Waals surface area contributed by atoms with E-state index in [-0.39, 0.29) is 0 Å². The van der Waals surface area contributed by atoms with Gasteiger partial charge in [0.1, 0.15) is 12.2 Å². The minimum atomic E-state index is 0.298. The number of hydrogen-bond donors (Lipinski definition) is 1. The molecule has 0 amide bonds. The van der Waals surface area contributed by atoms with Crippen molar-refractivity contribution in [1.29, 1.82) is 0 Å². The van der Waals surface area contributed by atoms with Gasteiger partial charge >= 0.3 is 0 Å². The molecule has 0 aromatic carbocycles. The molecule has 1 N–H and O–H groups in total. The minimum absolute atomic E-state index is 0.298. The second kappa shape index (κ2) is 5.17. The number of nitrogens with one attached hydrogen (secondary N) is 1. The molecule has 2 rings (SSSR count). The molecule has 17 heavy (non-hydrogen) atoms. The van der Waals surface area contributed by atoms with E-state index in [9.17, 15) is 0 Å². The lowest BCUT2D eigenvalue weighted by molar-refractivity contribution is 0.248. The van der Waals surface area contributed by atoms with Crippen molar-refractivity contribution in [2.45, 2.75) is 71.0 Å². The third-order valence-corrected chi connectivity index (χ3v) is 3.77. The summed E-state index contributed by atoms with van der Waals surface area (Å²) >= 11 is 0. The maximum atomic E-state index is 4.34. The highest BCUT2D eigenvalue weighted by Gasteiger charge is 2.26. The smallest absolute Gasteiger partial charge is 0.141 e. The molecular weight excluding hydrogens is 212 g/mol. The molecule has 1 heterocycles. The van der Waals surface area contributed by atoms with E-state index in [1.54, 1.807) is 6.33 Å². The predicted molar refractivity (Wildman–Crippen MR) is 68.7 cm³/mol. The molecule has 1 aliphatic rings. The maximum Gasteiger partial charge on any atom is 0.141 e. The summed E-state index contributed by atoms with van der Waals surface area (Å²) in [5, 5.41) is 7.94. The summed E-state index contributed by atoms with van der Waals surface area (Å²) in [6.07, 6.45) is 8.30. The van der Waals surface area contributed by atoms with Gasteiger partial charge in [-0.15, -0.1) is 0 Å². The van der Waals surface area contributed by atoms with Gasteiger partial charge in [0, 0.05) is 11.6 Å². The standard InChI is InChI=1S/C13H24N4/c1-11(2)17-12(14-10-16-17)9-15-13(3)7-5-4-6-8-13/h10-11,15H,4-9H2,1-3H3. The first-order chi connectivity index (χ1) is 8.11. The van der Waals surface area contributed by atoms with Crippen LogP contribution in [-0.2, 0) is 6.54 Å². The van der Waals surface area contributed by atoms with Crippen molar-refractivity contribution >= 4 is 0 Å². The number of aromatic nitrogens is 3. The Hall–Kier alpha value is -0.900. The van der Waals surface area contributed by atoms with Crippen molar-refractivity contribution in [1.82, 2.24) is 20.1 Å². The monoisotopic (exact) mass is 236 g/mol. The van der Waals surface area contributed by atoms with Crippen LogP contribution in [0.2, 0.25) is 0 Å². The number of rotatable bonds is 4. The Balaban J connectivity index is 1.94. The Bertz CT molecular complexity index is 350. The Morgan fingerprint density at radius 2 is 2.06 bits per heavy atom. The summed E-state index contributed by atoms with van der Waals surface area (Å²) in [4.78, 5) is 4.34. The summed E-state index contributed by atoms with van der Waals surface area (Å²) in [7, 11) is 0. The molecular formula is C13H24N4. The lowest BCUT2D eigenvalue weighted by Gasteiger charge is -2.34. The highest BCUT2D eigenvalue weighted by Crippen LogP contribution is 2.27. The van der Waals surface area contributed by atoms with Gasteiger partial charge in [-0.1, -0.05) is 19.3 Å². The van der Waals surface area contributed by atoms with E-state index in [1.807, 2.05) is 4.68 Å². The topological polar surface area (TPSA) is 42.7 Å². The van der Waals surface area contributed by atoms with Gasteiger partial charge in [-0.05, 0) is 33.6 Å². The van der Waals surface area contributed by atoms with E-state index in [0.717, 1.165) is 12.4 Å². The van der Waals surface area contributed by atoms with E-state index in [0.29, 0.717) is 11.6 Å². The molecule has 0 bridgehead atoms. The lowest BCUT2D eigenvalue weighted by Crippen LogP contribution is -2.43. The Morgan fingerprint density at radius 3 is 2.71 bits per heavy atom. The first-order valence-electron chi connectivity index (χ1n) is 6.74. The lowest BCUT2D eigenvalue weighted by atomic mass is 9.83. The molecule has 0 spiro atoms. The summed E-state index contributed by atoms with van der Waals surface area (Å²) in [5.74, 6) is 1.05. The molecule has 0 radical (unpaired) electrons. The fourth-order valence-electron chi connectivity index (χ4n) is 2.63. The zero-order valence-electron chi connectivity index (χ0n) is 11.2. The van der Waals surface area contributed by atoms with Crippen LogP contribution in [0.4, 0.5) is 0 Å². The van der Waals surface area contributed by atoms with E-state index < -0.39 is 0 Å². The zero-order valence-corrected chi connectivity index (χ0v) is 11.2. The zero-order chi connectivity index (χ0) is 12.3. The highest BCUT2D eigenvalue weighted by molar-refractivity contribution is 4.92. The average Bonchev–Trinajstić information content (AvgIpc) is 2.76. The first-order valence-corrected chi connectivity index (χ1v) is 6.74. The number of hydrogen-bond acceptors (Lipinski definition) is 3. The third-order valence-electron chi connectivity index (χ3n) is 3.77. The molecule has 1 aromatic heterocycles. The van der Waals surface area contributed by atoms with Gasteiger partial charge < -0.3 is 5.32 Å². The van der Waals surface area contributed by atoms with Crippen molar-refractivity contribution in [3.05, 3.63) is 12.2 Å². The van der Waals surface area contributed by atoms with Crippen molar-refractivity contribution in [2.24, 2.45) is 0 Å². The molecule has 4 nitrogen and oxygen atoms in total. The summed E-state index contributed by atoms with van der Waals surface area (Å²) in [6.45, 7) is 7.44. The van der Waals surface area contributed by atoms with Gasteiger partial charge in [-0.2, -0.15) is 5.10 Å². The van der Waals surface area contributed by atoms with Crippen LogP contribution >= 0.6 is 0 Å². The van der Waals surface area contributed by atoms with Crippen molar-refractivity contribution in [3.8, 4) is 0 Å². The number of nitrogens with zero attached hydrogens (tertiary/aromatic N) is 3. The van der Waals surface area contributed by atoms with E-state index in [2.05, 4.69) is 36.2 Å². The van der Waals surface area contributed by atoms with E-state index in [1.165, 1.54) is 32.1 Å². The molecule has 1 aromatic rings. The maximum absolute atomic E-state index is 4.34. The molecule has 1 aliphatic carbocycles. The van der Waals surface area contributed by atoms with Gasteiger partial charge in [-0.3, -0.25) is 0 Å². The van der Waals surface area contributed by atoms with Gasteiger partial charge in [0.15, 0.2) is 0 Å². The molecule has 96 valence electrons. The predicted octanol–water partition coefficient (Wildman–Crippen LogP) is 2.67. The summed E-state index contributed by atoms with van der Waals surface area (Å²) in [5.41, 5.74) is 0.298. The fraction of sp³-hybridized carbons (Fsp3) is 0.846. The van der Waals surface area contributed by atoms with Crippen LogP contribution in [0, 0.1) is 0 Å². The van der Waals surface area contributed by atoms with Crippen molar-refractivity contribution in [3.63, 3.8) is 0 Å². The van der Waals surface area contributed by atoms with Crippen LogP contribution in [0.1, 0.15) is 64.7 Å². The molecule has 4 heteroatoms. The van der Waals surface area contributed by atoms with E-state index in [4.69, 9.17) is 0 Å². The van der Waals surface area contributed by atoms with Crippen LogP contribution in [0.3, 0.4) is 0 Å². The minimum Gasteiger partial charge on any atom is -0.305 e. The quantitative estimate of drug-likeness (QED) is 0.874. The van der Waals surface area contributed by atoms with Gasteiger partial charge in [-0.25, -0.2) is 9.67 Å². The highest BCUT2D eigenvalue weighted by atomic mass is 15.4. The molecule has 0 aliphatic heterocycles. The normalized spacial score (nSPS) is 19.8. The van der Waals surface area contributed by atoms with Crippen molar-refractivity contribution < 1.29 is 0 Å². The van der Waals surface area contributed by atoms with Crippen LogP contribution in [0.5, 0.6) is 0 Å². The fourth-order valence-corrected chi connectivity index (χ4v) is 2.63. The van der Waals surface area contributed by atoms with Crippen LogP contribution in [-0.4, -0.2) is 20.3 Å². The van der Waals surface area contributed by atoms with Gasteiger partial charge in [0.05, 0.1) is 6.54 Å². The molecule has 0 atom stereocenters. The molecule has 0 saturated heterocycles. The third kappa shape index (κ3) is 3.06.